The van der Waals surface area contributed by atoms with E-state index in [2.05, 4.69) is 17.2 Å². The molecule has 2 aliphatic rings. The molecule has 0 radical (unpaired) electrons. The Morgan fingerprint density at radius 3 is 2.67 bits per heavy atom. The van der Waals surface area contributed by atoms with Crippen molar-refractivity contribution in [2.24, 2.45) is 5.92 Å². The van der Waals surface area contributed by atoms with Crippen LogP contribution in [-0.4, -0.2) is 29.4 Å². The zero-order valence-corrected chi connectivity index (χ0v) is 17.4. The highest BCUT2D eigenvalue weighted by atomic mass is 16.5. The molecule has 30 heavy (non-hydrogen) atoms. The summed E-state index contributed by atoms with van der Waals surface area (Å²) in [6, 6.07) is 13.4. The first-order chi connectivity index (χ1) is 14.6. The lowest BCUT2D eigenvalue weighted by molar-refractivity contribution is -0.127. The Morgan fingerprint density at radius 1 is 1.13 bits per heavy atom. The lowest BCUT2D eigenvalue weighted by atomic mass is 9.87. The zero-order valence-electron chi connectivity index (χ0n) is 17.4. The average molecular weight is 408 g/mol. The molecule has 1 fully saturated rings. The number of aromatic nitrogens is 1. The van der Waals surface area contributed by atoms with Gasteiger partial charge in [-0.15, -0.1) is 0 Å². The molecule has 0 bridgehead atoms. The fourth-order valence-electron chi connectivity index (χ4n) is 4.26. The van der Waals surface area contributed by atoms with E-state index in [1.54, 1.807) is 17.2 Å². The van der Waals surface area contributed by atoms with Crippen LogP contribution in [0.5, 0.6) is 5.75 Å². The second-order valence-electron chi connectivity index (χ2n) is 8.35. The van der Waals surface area contributed by atoms with Crippen molar-refractivity contribution in [3.05, 3.63) is 54.2 Å². The lowest BCUT2D eigenvalue weighted by Crippen LogP contribution is -2.43. The number of carbonyl (C=O) groups is 2. The van der Waals surface area contributed by atoms with Crippen LogP contribution in [0.3, 0.4) is 0 Å². The molecule has 2 amide bonds. The van der Waals surface area contributed by atoms with Gasteiger partial charge in [-0.25, -0.2) is 4.98 Å². The van der Waals surface area contributed by atoms with Gasteiger partial charge in [-0.2, -0.15) is 0 Å². The topological polar surface area (TPSA) is 71.5 Å². The van der Waals surface area contributed by atoms with Crippen molar-refractivity contribution in [3.63, 3.8) is 0 Å². The number of anilines is 1. The van der Waals surface area contributed by atoms with Crippen LogP contribution < -0.4 is 15.0 Å². The van der Waals surface area contributed by atoms with E-state index in [0.717, 1.165) is 24.3 Å². The molecule has 1 saturated carbocycles. The van der Waals surface area contributed by atoms with Gasteiger partial charge < -0.3 is 10.1 Å². The standard InChI is InChI=1S/C24H29N3O3/c1-17-11-13-19(14-12-17)26-21(28)10-6-16-27-23-20(9-5-15-25-23)30-22(24(27)29)18-7-3-2-4-8-18/h2-5,7-9,15,17,19,22H,6,10-14,16H2,1H3,(H,26,28)/t17?,19?,22-/m1/s1. The quantitative estimate of drug-likeness (QED) is 0.785. The van der Waals surface area contributed by atoms with E-state index in [1.807, 2.05) is 36.4 Å². The van der Waals surface area contributed by atoms with E-state index in [9.17, 15) is 9.59 Å². The molecule has 0 unspecified atom stereocenters. The number of pyridine rings is 1. The summed E-state index contributed by atoms with van der Waals surface area (Å²) >= 11 is 0. The molecular formula is C24H29N3O3. The summed E-state index contributed by atoms with van der Waals surface area (Å²) in [7, 11) is 0. The summed E-state index contributed by atoms with van der Waals surface area (Å²) in [6.45, 7) is 2.70. The van der Waals surface area contributed by atoms with E-state index in [1.165, 1.54) is 12.8 Å². The molecule has 1 aromatic heterocycles. The van der Waals surface area contributed by atoms with Gasteiger partial charge in [0.15, 0.2) is 11.6 Å². The monoisotopic (exact) mass is 407 g/mol. The number of nitrogens with zero attached hydrogens (tertiary/aromatic N) is 2. The molecule has 4 rings (SSSR count). The summed E-state index contributed by atoms with van der Waals surface area (Å²) in [5.74, 6) is 1.80. The van der Waals surface area contributed by atoms with Crippen LogP contribution >= 0.6 is 0 Å². The van der Waals surface area contributed by atoms with Gasteiger partial charge in [-0.3, -0.25) is 14.5 Å². The second kappa shape index (κ2) is 9.28. The number of hydrogen-bond donors (Lipinski definition) is 1. The molecule has 1 atom stereocenters. The first-order valence-corrected chi connectivity index (χ1v) is 10.9. The molecular weight excluding hydrogens is 378 g/mol. The van der Waals surface area contributed by atoms with Gasteiger partial charge in [0.1, 0.15) is 0 Å². The fraction of sp³-hybridized carbons (Fsp3) is 0.458. The molecule has 2 aromatic rings. The number of rotatable bonds is 6. The molecule has 6 nitrogen and oxygen atoms in total. The number of benzene rings is 1. The Morgan fingerprint density at radius 2 is 1.90 bits per heavy atom. The van der Waals surface area contributed by atoms with Gasteiger partial charge in [0.2, 0.25) is 12.0 Å². The van der Waals surface area contributed by atoms with Crippen molar-refractivity contribution in [2.45, 2.75) is 57.6 Å². The molecule has 1 aliphatic heterocycles. The molecule has 158 valence electrons. The number of fused-ring (bicyclic) bond motifs is 1. The minimum Gasteiger partial charge on any atom is -0.472 e. The largest absolute Gasteiger partial charge is 0.472 e. The highest BCUT2D eigenvalue weighted by Gasteiger charge is 2.36. The third-order valence-electron chi connectivity index (χ3n) is 6.01. The highest BCUT2D eigenvalue weighted by molar-refractivity contribution is 5.99. The molecule has 1 aromatic carbocycles. The van der Waals surface area contributed by atoms with Crippen molar-refractivity contribution < 1.29 is 14.3 Å². The van der Waals surface area contributed by atoms with Crippen LogP contribution in [0.15, 0.2) is 48.7 Å². The van der Waals surface area contributed by atoms with Crippen LogP contribution in [0.1, 0.15) is 57.1 Å². The predicted molar refractivity (Wildman–Crippen MR) is 115 cm³/mol. The Bertz CT molecular complexity index is 878. The smallest absolute Gasteiger partial charge is 0.274 e. The van der Waals surface area contributed by atoms with E-state index in [-0.39, 0.29) is 11.8 Å². The first-order valence-electron chi connectivity index (χ1n) is 10.9. The summed E-state index contributed by atoms with van der Waals surface area (Å²) in [5.41, 5.74) is 0.811. The summed E-state index contributed by atoms with van der Waals surface area (Å²) < 4.78 is 5.96. The minimum absolute atomic E-state index is 0.0658. The third kappa shape index (κ3) is 4.64. The Kier molecular flexibility index (Phi) is 6.31. The summed E-state index contributed by atoms with van der Waals surface area (Å²) in [6.07, 6.45) is 6.42. The molecule has 0 saturated heterocycles. The van der Waals surface area contributed by atoms with Gasteiger partial charge in [0.25, 0.3) is 5.91 Å². The summed E-state index contributed by atoms with van der Waals surface area (Å²) in [4.78, 5) is 31.6. The maximum atomic E-state index is 13.2. The van der Waals surface area contributed by atoms with Gasteiger partial charge in [0, 0.05) is 30.8 Å². The number of amides is 2. The number of nitrogens with one attached hydrogen (secondary N) is 1. The molecule has 6 heteroatoms. The van der Waals surface area contributed by atoms with Crippen LogP contribution in [0.25, 0.3) is 0 Å². The minimum atomic E-state index is -0.694. The van der Waals surface area contributed by atoms with Crippen molar-refractivity contribution >= 4 is 17.6 Å². The zero-order chi connectivity index (χ0) is 20.9. The molecule has 1 aliphatic carbocycles. The Labute approximate surface area is 177 Å². The van der Waals surface area contributed by atoms with Gasteiger partial charge in [0.05, 0.1) is 0 Å². The number of ether oxygens (including phenoxy) is 1. The summed E-state index contributed by atoms with van der Waals surface area (Å²) in [5, 5.41) is 3.16. The average Bonchev–Trinajstić information content (AvgIpc) is 2.77. The third-order valence-corrected chi connectivity index (χ3v) is 6.01. The maximum absolute atomic E-state index is 13.2. The van der Waals surface area contributed by atoms with Crippen LogP contribution in [-0.2, 0) is 9.59 Å². The maximum Gasteiger partial charge on any atom is 0.274 e. The van der Waals surface area contributed by atoms with Crippen molar-refractivity contribution in [2.75, 3.05) is 11.4 Å². The normalized spacial score (nSPS) is 23.4. The predicted octanol–water partition coefficient (Wildman–Crippen LogP) is 4.02. The van der Waals surface area contributed by atoms with E-state index in [4.69, 9.17) is 4.74 Å². The molecule has 1 N–H and O–H groups in total. The van der Waals surface area contributed by atoms with E-state index >= 15 is 0 Å². The van der Waals surface area contributed by atoms with Crippen LogP contribution in [0, 0.1) is 5.92 Å². The lowest BCUT2D eigenvalue weighted by Gasteiger charge is -2.33. The van der Waals surface area contributed by atoms with Crippen LogP contribution in [0.4, 0.5) is 5.82 Å². The van der Waals surface area contributed by atoms with Crippen molar-refractivity contribution in [1.82, 2.24) is 10.3 Å². The van der Waals surface area contributed by atoms with Crippen LogP contribution in [0.2, 0.25) is 0 Å². The van der Waals surface area contributed by atoms with Gasteiger partial charge in [-0.1, -0.05) is 37.3 Å². The number of hydrogen-bond acceptors (Lipinski definition) is 4. The number of carbonyl (C=O) groups excluding carboxylic acids is 2. The van der Waals surface area contributed by atoms with Crippen molar-refractivity contribution in [3.8, 4) is 5.75 Å². The second-order valence-corrected chi connectivity index (χ2v) is 8.35. The van der Waals surface area contributed by atoms with Gasteiger partial charge in [-0.05, 0) is 50.2 Å². The fourth-order valence-corrected chi connectivity index (χ4v) is 4.26. The van der Waals surface area contributed by atoms with E-state index in [0.29, 0.717) is 37.0 Å². The van der Waals surface area contributed by atoms with Crippen molar-refractivity contribution in [1.29, 1.82) is 0 Å². The Balaban J connectivity index is 1.38. The molecule has 2 heterocycles. The van der Waals surface area contributed by atoms with E-state index < -0.39 is 6.10 Å². The Hall–Kier alpha value is -2.89. The van der Waals surface area contributed by atoms with Gasteiger partial charge >= 0.3 is 0 Å². The molecule has 0 spiro atoms. The highest BCUT2D eigenvalue weighted by Crippen LogP contribution is 2.37. The first kappa shape index (κ1) is 20.4. The SMILES string of the molecule is CC1CCC(NC(=O)CCCN2C(=O)[C@@H](c3ccccc3)Oc3cccnc32)CC1.